The second-order valence-electron chi connectivity index (χ2n) is 6.88. The summed E-state index contributed by atoms with van der Waals surface area (Å²) in [5.41, 5.74) is 5.17. The van der Waals surface area contributed by atoms with Crippen molar-refractivity contribution < 1.29 is 14.7 Å². The number of hydrogen-bond acceptors (Lipinski definition) is 3. The van der Waals surface area contributed by atoms with E-state index in [1.54, 1.807) is 4.90 Å². The van der Waals surface area contributed by atoms with Crippen LogP contribution in [0.15, 0.2) is 18.2 Å². The molecular formula is C17H23ClN2O3. The summed E-state index contributed by atoms with van der Waals surface area (Å²) in [5, 5.41) is 9.90. The molecule has 2 rings (SSSR count). The second kappa shape index (κ2) is 6.79. The first-order chi connectivity index (χ1) is 10.7. The number of piperidine rings is 1. The molecule has 0 saturated carbocycles. The molecule has 1 aromatic rings. The molecule has 1 heterocycles. The molecule has 23 heavy (non-hydrogen) atoms. The Balaban J connectivity index is 2.10. The molecule has 1 aliphatic heterocycles. The Morgan fingerprint density at radius 3 is 2.78 bits per heavy atom. The van der Waals surface area contributed by atoms with Gasteiger partial charge in [-0.3, -0.25) is 9.59 Å². The number of primary amides is 1. The maximum absolute atomic E-state index is 12.7. The van der Waals surface area contributed by atoms with Crippen LogP contribution in [0.4, 0.5) is 0 Å². The quantitative estimate of drug-likeness (QED) is 0.885. The van der Waals surface area contributed by atoms with E-state index < -0.39 is 5.41 Å². The smallest absolute Gasteiger partial charge is 0.255 e. The highest BCUT2D eigenvalue weighted by atomic mass is 35.5. The van der Waals surface area contributed by atoms with Gasteiger partial charge >= 0.3 is 0 Å². The Morgan fingerprint density at radius 2 is 2.13 bits per heavy atom. The van der Waals surface area contributed by atoms with Crippen molar-refractivity contribution >= 4 is 23.4 Å². The third kappa shape index (κ3) is 4.16. The monoisotopic (exact) mass is 338 g/mol. The van der Waals surface area contributed by atoms with Gasteiger partial charge in [-0.15, -0.1) is 0 Å². The van der Waals surface area contributed by atoms with Crippen LogP contribution in [0.3, 0.4) is 0 Å². The number of nitrogens with zero attached hydrogens (tertiary/aromatic N) is 1. The van der Waals surface area contributed by atoms with E-state index in [2.05, 4.69) is 0 Å². The van der Waals surface area contributed by atoms with Crippen molar-refractivity contribution in [2.75, 3.05) is 13.1 Å². The van der Waals surface area contributed by atoms with E-state index in [1.807, 2.05) is 13.8 Å². The number of benzene rings is 1. The molecule has 0 aromatic heterocycles. The molecule has 1 fully saturated rings. The fourth-order valence-corrected chi connectivity index (χ4v) is 3.28. The van der Waals surface area contributed by atoms with Gasteiger partial charge < -0.3 is 15.7 Å². The molecular weight excluding hydrogens is 316 g/mol. The summed E-state index contributed by atoms with van der Waals surface area (Å²) < 4.78 is 0. The number of nitrogens with two attached hydrogens (primary N) is 1. The molecule has 1 aromatic carbocycles. The Hall–Kier alpha value is -1.75. The standard InChI is InChI=1S/C17H23ClN2O3/c1-17(2,16(19)23)9-11-4-3-7-20(10-11)15(22)13-8-12(21)5-6-14(13)18/h5-6,8,11,21H,3-4,7,9-10H2,1-2H3,(H2,19,23). The second-order valence-corrected chi connectivity index (χ2v) is 7.28. The molecule has 6 heteroatoms. The van der Waals surface area contributed by atoms with Crippen LogP contribution in [-0.2, 0) is 4.79 Å². The van der Waals surface area contributed by atoms with Crippen LogP contribution in [0.2, 0.25) is 5.02 Å². The van der Waals surface area contributed by atoms with Gasteiger partial charge in [0.05, 0.1) is 10.6 Å². The van der Waals surface area contributed by atoms with E-state index >= 15 is 0 Å². The number of amides is 2. The van der Waals surface area contributed by atoms with Crippen LogP contribution in [0.25, 0.3) is 0 Å². The zero-order chi connectivity index (χ0) is 17.2. The van der Waals surface area contributed by atoms with Gasteiger partial charge in [-0.25, -0.2) is 0 Å². The Labute approximate surface area is 141 Å². The molecule has 5 nitrogen and oxygen atoms in total. The zero-order valence-corrected chi connectivity index (χ0v) is 14.3. The van der Waals surface area contributed by atoms with Gasteiger partial charge in [0.25, 0.3) is 5.91 Å². The average Bonchev–Trinajstić information content (AvgIpc) is 2.48. The maximum Gasteiger partial charge on any atom is 0.255 e. The van der Waals surface area contributed by atoms with Crippen molar-refractivity contribution in [2.45, 2.75) is 33.1 Å². The molecule has 0 spiro atoms. The summed E-state index contributed by atoms with van der Waals surface area (Å²) in [6.45, 7) is 4.89. The molecule has 2 amide bonds. The number of carbonyl (C=O) groups is 2. The fraction of sp³-hybridized carbons (Fsp3) is 0.529. The van der Waals surface area contributed by atoms with Gasteiger partial charge in [0.1, 0.15) is 5.75 Å². The third-order valence-electron chi connectivity index (χ3n) is 4.45. The molecule has 0 radical (unpaired) electrons. The molecule has 0 aliphatic carbocycles. The lowest BCUT2D eigenvalue weighted by Gasteiger charge is -2.36. The van der Waals surface area contributed by atoms with E-state index in [0.717, 1.165) is 12.8 Å². The zero-order valence-electron chi connectivity index (χ0n) is 13.5. The number of phenolic OH excluding ortho intramolecular Hbond substituents is 1. The number of carbonyl (C=O) groups excluding carboxylic acids is 2. The van der Waals surface area contributed by atoms with Gasteiger partial charge in [-0.2, -0.15) is 0 Å². The van der Waals surface area contributed by atoms with E-state index in [1.165, 1.54) is 18.2 Å². The number of likely N-dealkylation sites (tertiary alicyclic amines) is 1. The van der Waals surface area contributed by atoms with Crippen molar-refractivity contribution in [1.82, 2.24) is 4.90 Å². The summed E-state index contributed by atoms with van der Waals surface area (Å²) in [7, 11) is 0. The van der Waals surface area contributed by atoms with E-state index in [0.29, 0.717) is 30.1 Å². The van der Waals surface area contributed by atoms with Crippen molar-refractivity contribution in [1.29, 1.82) is 0 Å². The highest BCUT2D eigenvalue weighted by molar-refractivity contribution is 6.33. The number of aromatic hydroxyl groups is 1. The van der Waals surface area contributed by atoms with Crippen molar-refractivity contribution in [3.63, 3.8) is 0 Å². The van der Waals surface area contributed by atoms with Crippen LogP contribution in [0.5, 0.6) is 5.75 Å². The summed E-state index contributed by atoms with van der Waals surface area (Å²) in [5.74, 6) is -0.267. The van der Waals surface area contributed by atoms with Gasteiger partial charge in [-0.05, 0) is 43.4 Å². The molecule has 1 atom stereocenters. The highest BCUT2D eigenvalue weighted by Gasteiger charge is 2.33. The predicted octanol–water partition coefficient (Wildman–Crippen LogP) is 2.80. The number of halogens is 1. The van der Waals surface area contributed by atoms with Gasteiger partial charge in [0.2, 0.25) is 5.91 Å². The lowest BCUT2D eigenvalue weighted by atomic mass is 9.79. The molecule has 1 unspecified atom stereocenters. The molecule has 1 aliphatic rings. The molecule has 1 saturated heterocycles. The number of rotatable bonds is 4. The minimum atomic E-state index is -0.584. The van der Waals surface area contributed by atoms with Crippen LogP contribution < -0.4 is 5.73 Å². The van der Waals surface area contributed by atoms with Gasteiger partial charge in [0.15, 0.2) is 0 Å². The maximum atomic E-state index is 12.7. The van der Waals surface area contributed by atoms with E-state index in [9.17, 15) is 14.7 Å². The SMILES string of the molecule is CC(C)(CC1CCCN(C(=O)c2cc(O)ccc2Cl)C1)C(N)=O. The molecule has 3 N–H and O–H groups in total. The Morgan fingerprint density at radius 1 is 1.43 bits per heavy atom. The van der Waals surface area contributed by atoms with Crippen LogP contribution in [0, 0.1) is 11.3 Å². The summed E-state index contributed by atoms with van der Waals surface area (Å²) in [4.78, 5) is 25.9. The summed E-state index contributed by atoms with van der Waals surface area (Å²) in [6, 6.07) is 4.36. The summed E-state index contributed by atoms with van der Waals surface area (Å²) in [6.07, 6.45) is 2.50. The lowest BCUT2D eigenvalue weighted by Crippen LogP contribution is -2.43. The third-order valence-corrected chi connectivity index (χ3v) is 4.78. The number of phenols is 1. The van der Waals surface area contributed by atoms with Gasteiger partial charge in [-0.1, -0.05) is 25.4 Å². The van der Waals surface area contributed by atoms with Crippen LogP contribution in [0.1, 0.15) is 43.5 Å². The van der Waals surface area contributed by atoms with E-state index in [-0.39, 0.29) is 23.5 Å². The summed E-state index contributed by atoms with van der Waals surface area (Å²) >= 11 is 6.07. The Kier molecular flexibility index (Phi) is 5.19. The largest absolute Gasteiger partial charge is 0.508 e. The minimum absolute atomic E-state index is 0.0150. The first kappa shape index (κ1) is 17.6. The minimum Gasteiger partial charge on any atom is -0.508 e. The molecule has 0 bridgehead atoms. The first-order valence-corrected chi connectivity index (χ1v) is 8.16. The Bertz CT molecular complexity index is 616. The van der Waals surface area contributed by atoms with Gasteiger partial charge in [0, 0.05) is 18.5 Å². The fourth-order valence-electron chi connectivity index (χ4n) is 3.09. The first-order valence-electron chi connectivity index (χ1n) is 7.78. The number of hydrogen-bond donors (Lipinski definition) is 2. The van der Waals surface area contributed by atoms with E-state index in [4.69, 9.17) is 17.3 Å². The van der Waals surface area contributed by atoms with Crippen LogP contribution >= 0.6 is 11.6 Å². The van der Waals surface area contributed by atoms with Crippen molar-refractivity contribution in [2.24, 2.45) is 17.1 Å². The van der Waals surface area contributed by atoms with Crippen molar-refractivity contribution in [3.05, 3.63) is 28.8 Å². The lowest BCUT2D eigenvalue weighted by molar-refractivity contribution is -0.127. The van der Waals surface area contributed by atoms with Crippen molar-refractivity contribution in [3.8, 4) is 5.75 Å². The highest BCUT2D eigenvalue weighted by Crippen LogP contribution is 2.32. The van der Waals surface area contributed by atoms with Crippen LogP contribution in [-0.4, -0.2) is 34.9 Å². The topological polar surface area (TPSA) is 83.6 Å². The average molecular weight is 339 g/mol. The molecule has 126 valence electrons. The normalized spacial score (nSPS) is 18.7. The predicted molar refractivity (Wildman–Crippen MR) is 89.3 cm³/mol.